The van der Waals surface area contributed by atoms with E-state index < -0.39 is 12.3 Å². The summed E-state index contributed by atoms with van der Waals surface area (Å²) in [5.74, 6) is 0.476. The zero-order valence-electron chi connectivity index (χ0n) is 13.4. The number of likely N-dealkylation sites (tertiary alicyclic amines) is 1. The zero-order valence-corrected chi connectivity index (χ0v) is 15.8. The number of alkyl halides is 1. The van der Waals surface area contributed by atoms with Crippen LogP contribution in [-0.4, -0.2) is 41.4 Å². The van der Waals surface area contributed by atoms with Gasteiger partial charge in [-0.25, -0.2) is 4.39 Å². The van der Waals surface area contributed by atoms with Crippen molar-refractivity contribution in [1.29, 1.82) is 0 Å². The van der Waals surface area contributed by atoms with Gasteiger partial charge in [-0.05, 0) is 49.3 Å². The molecule has 3 aliphatic rings. The quantitative estimate of drug-likeness (QED) is 0.805. The van der Waals surface area contributed by atoms with Gasteiger partial charge in [0.1, 0.15) is 6.17 Å². The molecule has 1 aromatic carbocycles. The summed E-state index contributed by atoms with van der Waals surface area (Å²) in [6.07, 6.45) is 3.46. The minimum atomic E-state index is -0.719. The van der Waals surface area contributed by atoms with Crippen LogP contribution in [0.5, 0.6) is 0 Å². The first-order chi connectivity index (χ1) is 11.0. The SMILES string of the molecule is Cl.OC(CN1CC2CC(F)C1C2)C1(c2ccc(Cl)c(Cl)c2)CCC1. The van der Waals surface area contributed by atoms with Gasteiger partial charge in [-0.1, -0.05) is 35.7 Å². The summed E-state index contributed by atoms with van der Waals surface area (Å²) in [7, 11) is 0. The third-order valence-corrected chi connectivity index (χ3v) is 7.04. The van der Waals surface area contributed by atoms with Crippen LogP contribution in [0.1, 0.15) is 37.7 Å². The highest BCUT2D eigenvalue weighted by Gasteiger charge is 2.50. The Morgan fingerprint density at radius 2 is 2.00 bits per heavy atom. The van der Waals surface area contributed by atoms with E-state index in [2.05, 4.69) is 4.90 Å². The van der Waals surface area contributed by atoms with Crippen molar-refractivity contribution in [2.45, 2.75) is 55.8 Å². The van der Waals surface area contributed by atoms with Gasteiger partial charge in [0.15, 0.2) is 0 Å². The van der Waals surface area contributed by atoms with Gasteiger partial charge in [0, 0.05) is 24.5 Å². The molecule has 134 valence electrons. The highest BCUT2D eigenvalue weighted by molar-refractivity contribution is 6.42. The standard InChI is InChI=1S/C18H22Cl2FNO.ClH/c19-13-3-2-12(8-14(13)20)18(4-1-5-18)17(23)10-22-9-11-6-15(21)16(22)7-11;/h2-3,8,11,15-17,23H,1,4-7,9-10H2;1H. The fraction of sp³-hybridized carbons (Fsp3) is 0.667. The van der Waals surface area contributed by atoms with Crippen molar-refractivity contribution < 1.29 is 9.50 Å². The predicted octanol–water partition coefficient (Wildman–Crippen LogP) is 4.63. The first-order valence-electron chi connectivity index (χ1n) is 8.51. The highest BCUT2D eigenvalue weighted by Crippen LogP contribution is 2.49. The van der Waals surface area contributed by atoms with Crippen LogP contribution in [0.4, 0.5) is 4.39 Å². The Morgan fingerprint density at radius 1 is 1.25 bits per heavy atom. The van der Waals surface area contributed by atoms with Gasteiger partial charge >= 0.3 is 0 Å². The van der Waals surface area contributed by atoms with Crippen LogP contribution in [0.15, 0.2) is 18.2 Å². The van der Waals surface area contributed by atoms with Crippen LogP contribution in [0.3, 0.4) is 0 Å². The number of hydrogen-bond donors (Lipinski definition) is 1. The molecule has 0 amide bonds. The molecule has 3 fully saturated rings. The Bertz CT molecular complexity index is 610. The molecule has 4 atom stereocenters. The van der Waals surface area contributed by atoms with Crippen molar-refractivity contribution in [2.24, 2.45) is 5.92 Å². The lowest BCUT2D eigenvalue weighted by atomic mass is 9.61. The number of piperidine rings is 1. The molecule has 0 spiro atoms. The molecule has 1 aliphatic heterocycles. The summed E-state index contributed by atoms with van der Waals surface area (Å²) in [5, 5.41) is 12.0. The van der Waals surface area contributed by atoms with Crippen LogP contribution in [0.2, 0.25) is 10.0 Å². The maximum atomic E-state index is 14.0. The zero-order chi connectivity index (χ0) is 16.2. The predicted molar refractivity (Wildman–Crippen MR) is 98.2 cm³/mol. The second-order valence-corrected chi connectivity index (χ2v) is 8.34. The third-order valence-electron chi connectivity index (χ3n) is 6.30. The van der Waals surface area contributed by atoms with Crippen molar-refractivity contribution in [3.63, 3.8) is 0 Å². The number of hydrogen-bond acceptors (Lipinski definition) is 2. The molecule has 1 N–H and O–H groups in total. The molecule has 2 nitrogen and oxygen atoms in total. The number of fused-ring (bicyclic) bond motifs is 2. The van der Waals surface area contributed by atoms with E-state index in [1.807, 2.05) is 12.1 Å². The van der Waals surface area contributed by atoms with Gasteiger partial charge < -0.3 is 5.11 Å². The van der Waals surface area contributed by atoms with Crippen molar-refractivity contribution >= 4 is 35.6 Å². The van der Waals surface area contributed by atoms with Gasteiger partial charge in [0.25, 0.3) is 0 Å². The first-order valence-corrected chi connectivity index (χ1v) is 9.27. The van der Waals surface area contributed by atoms with E-state index in [-0.39, 0.29) is 23.9 Å². The van der Waals surface area contributed by atoms with Gasteiger partial charge in [-0.15, -0.1) is 12.4 Å². The molecular weight excluding hydrogens is 372 g/mol. The van der Waals surface area contributed by atoms with Crippen LogP contribution < -0.4 is 0 Å². The average Bonchev–Trinajstić information content (AvgIpc) is 3.00. The molecule has 1 heterocycles. The second-order valence-electron chi connectivity index (χ2n) is 7.53. The molecule has 1 aromatic rings. The lowest BCUT2D eigenvalue weighted by Gasteiger charge is -2.48. The lowest BCUT2D eigenvalue weighted by Crippen LogP contribution is -2.53. The van der Waals surface area contributed by atoms with Gasteiger partial charge in [0.2, 0.25) is 0 Å². The van der Waals surface area contributed by atoms with Crippen LogP contribution in [0, 0.1) is 5.92 Å². The smallest absolute Gasteiger partial charge is 0.116 e. The van der Waals surface area contributed by atoms with Crippen LogP contribution in [0.25, 0.3) is 0 Å². The van der Waals surface area contributed by atoms with E-state index in [0.717, 1.165) is 37.8 Å². The number of aliphatic hydroxyl groups excluding tert-OH is 1. The number of aliphatic hydroxyl groups is 1. The fourth-order valence-corrected chi connectivity index (χ4v) is 5.14. The Balaban J connectivity index is 0.00000169. The summed E-state index contributed by atoms with van der Waals surface area (Å²) in [6, 6.07) is 5.69. The lowest BCUT2D eigenvalue weighted by molar-refractivity contribution is -0.0126. The number of halogens is 4. The van der Waals surface area contributed by atoms with Gasteiger partial charge in [-0.2, -0.15) is 0 Å². The second kappa shape index (κ2) is 6.92. The van der Waals surface area contributed by atoms with Crippen LogP contribution in [-0.2, 0) is 5.41 Å². The van der Waals surface area contributed by atoms with Gasteiger partial charge in [0.05, 0.1) is 16.1 Å². The van der Waals surface area contributed by atoms with Crippen molar-refractivity contribution in [3.8, 4) is 0 Å². The largest absolute Gasteiger partial charge is 0.391 e. The minimum Gasteiger partial charge on any atom is -0.391 e. The molecule has 2 aliphatic carbocycles. The number of β-amino-alcohol motifs (C(OH)–C–C–N with tert-alkyl or cyclic N) is 1. The molecule has 2 saturated carbocycles. The topological polar surface area (TPSA) is 23.5 Å². The van der Waals surface area contributed by atoms with Gasteiger partial charge in [-0.3, -0.25) is 4.90 Å². The van der Waals surface area contributed by atoms with Crippen molar-refractivity contribution in [1.82, 2.24) is 4.90 Å². The summed E-state index contributed by atoms with van der Waals surface area (Å²) >= 11 is 12.2. The van der Waals surface area contributed by atoms with E-state index in [1.54, 1.807) is 6.07 Å². The van der Waals surface area contributed by atoms with Crippen LogP contribution >= 0.6 is 35.6 Å². The summed E-state index contributed by atoms with van der Waals surface area (Å²) in [4.78, 5) is 2.17. The average molecular weight is 395 g/mol. The van der Waals surface area contributed by atoms with E-state index >= 15 is 0 Å². The summed E-state index contributed by atoms with van der Waals surface area (Å²) in [5.41, 5.74) is 0.814. The number of rotatable bonds is 4. The molecule has 0 radical (unpaired) electrons. The van der Waals surface area contributed by atoms with E-state index in [0.29, 0.717) is 28.9 Å². The molecule has 2 bridgehead atoms. The Hall–Kier alpha value is -0.0600. The Labute approximate surface area is 158 Å². The maximum Gasteiger partial charge on any atom is 0.116 e. The van der Waals surface area contributed by atoms with E-state index in [4.69, 9.17) is 23.2 Å². The van der Waals surface area contributed by atoms with E-state index in [1.165, 1.54) is 0 Å². The molecule has 0 aromatic heterocycles. The number of benzene rings is 1. The Morgan fingerprint density at radius 3 is 2.54 bits per heavy atom. The molecule has 6 heteroatoms. The highest BCUT2D eigenvalue weighted by atomic mass is 35.5. The summed E-state index contributed by atoms with van der Waals surface area (Å²) < 4.78 is 14.0. The molecular formula is C18H23Cl3FNO. The fourth-order valence-electron chi connectivity index (χ4n) is 4.84. The van der Waals surface area contributed by atoms with Crippen molar-refractivity contribution in [2.75, 3.05) is 13.1 Å². The first kappa shape index (κ1) is 18.7. The molecule has 1 saturated heterocycles. The minimum absolute atomic E-state index is 0. The van der Waals surface area contributed by atoms with Crippen molar-refractivity contribution in [3.05, 3.63) is 33.8 Å². The monoisotopic (exact) mass is 393 g/mol. The van der Waals surface area contributed by atoms with E-state index in [9.17, 15) is 9.50 Å². The maximum absolute atomic E-state index is 14.0. The normalized spacial score (nSPS) is 32.2. The molecule has 4 rings (SSSR count). The number of nitrogens with zero attached hydrogens (tertiary/aromatic N) is 1. The molecule has 24 heavy (non-hydrogen) atoms. The molecule has 4 unspecified atom stereocenters. The summed E-state index contributed by atoms with van der Waals surface area (Å²) in [6.45, 7) is 1.49. The third kappa shape index (κ3) is 2.97. The Kier molecular flexibility index (Phi) is 5.40.